The predicted molar refractivity (Wildman–Crippen MR) is 84.3 cm³/mol. The number of carbonyl (C=O) groups is 1. The molecular formula is C17H15FN4O. The van der Waals surface area contributed by atoms with E-state index in [1.54, 1.807) is 18.3 Å². The number of nitrogens with one attached hydrogen (secondary N) is 1. The van der Waals surface area contributed by atoms with E-state index in [0.29, 0.717) is 31.2 Å². The summed E-state index contributed by atoms with van der Waals surface area (Å²) < 4.78 is 14.1. The summed E-state index contributed by atoms with van der Waals surface area (Å²) in [5.74, 6) is 1.52. The van der Waals surface area contributed by atoms with E-state index < -0.39 is 17.4 Å². The van der Waals surface area contributed by atoms with Gasteiger partial charge in [-0.15, -0.1) is 12.3 Å². The van der Waals surface area contributed by atoms with E-state index in [0.717, 1.165) is 5.39 Å². The van der Waals surface area contributed by atoms with Crippen LogP contribution in [-0.2, 0) is 0 Å². The number of terminal acetylenes is 1. The number of benzene rings is 1. The highest BCUT2D eigenvalue weighted by atomic mass is 19.1. The zero-order valence-electron chi connectivity index (χ0n) is 12.4. The van der Waals surface area contributed by atoms with Crippen molar-refractivity contribution >= 4 is 16.7 Å². The number of carbonyl (C=O) groups excluding carboxylic acids is 1. The second-order valence-corrected chi connectivity index (χ2v) is 5.41. The van der Waals surface area contributed by atoms with Crippen LogP contribution in [0.2, 0.25) is 0 Å². The van der Waals surface area contributed by atoms with Crippen molar-refractivity contribution in [1.29, 1.82) is 0 Å². The Morgan fingerprint density at radius 2 is 2.13 bits per heavy atom. The molecule has 0 saturated carbocycles. The van der Waals surface area contributed by atoms with Gasteiger partial charge in [-0.05, 0) is 17.5 Å². The summed E-state index contributed by atoms with van der Waals surface area (Å²) in [5.41, 5.74) is -0.448. The van der Waals surface area contributed by atoms with Crippen molar-refractivity contribution in [1.82, 2.24) is 10.3 Å². The van der Waals surface area contributed by atoms with Gasteiger partial charge in [0.15, 0.2) is 5.66 Å². The van der Waals surface area contributed by atoms with Crippen LogP contribution in [0.5, 0.6) is 0 Å². The average Bonchev–Trinajstić information content (AvgIpc) is 3.33. The van der Waals surface area contributed by atoms with Crippen LogP contribution in [0.4, 0.5) is 4.39 Å². The highest BCUT2D eigenvalue weighted by molar-refractivity contribution is 6.06. The number of halogens is 1. The smallest absolute Gasteiger partial charge is 0.254 e. The fraction of sp³-hybridized carbons (Fsp3) is 0.294. The number of amides is 1. The molecule has 0 aliphatic carbocycles. The third-order valence-electron chi connectivity index (χ3n) is 3.86. The highest BCUT2D eigenvalue weighted by Crippen LogP contribution is 2.36. The molecule has 0 atom stereocenters. The topological polar surface area (TPSA) is 66.7 Å². The molecule has 23 heavy (non-hydrogen) atoms. The lowest BCUT2D eigenvalue weighted by Crippen LogP contribution is -2.29. The van der Waals surface area contributed by atoms with Gasteiger partial charge in [0.1, 0.15) is 5.82 Å². The van der Waals surface area contributed by atoms with Gasteiger partial charge in [0, 0.05) is 43.6 Å². The number of hydrogen-bond donors (Lipinski definition) is 1. The van der Waals surface area contributed by atoms with Crippen LogP contribution in [0.1, 0.15) is 29.6 Å². The van der Waals surface area contributed by atoms with Crippen LogP contribution in [-0.4, -0.2) is 23.1 Å². The first-order chi connectivity index (χ1) is 11.2. The summed E-state index contributed by atoms with van der Waals surface area (Å²) in [4.78, 5) is 16.3. The number of fused-ring (bicyclic) bond motifs is 1. The molecule has 1 N–H and O–H groups in total. The van der Waals surface area contributed by atoms with E-state index >= 15 is 0 Å². The largest absolute Gasteiger partial charge is 0.352 e. The monoisotopic (exact) mass is 310 g/mol. The van der Waals surface area contributed by atoms with Crippen LogP contribution in [0.25, 0.3) is 10.8 Å². The minimum atomic E-state index is -0.564. The zero-order chi connectivity index (χ0) is 16.3. The van der Waals surface area contributed by atoms with Gasteiger partial charge in [-0.2, -0.15) is 10.2 Å². The second kappa shape index (κ2) is 6.13. The molecule has 0 fully saturated rings. The van der Waals surface area contributed by atoms with Crippen molar-refractivity contribution in [3.63, 3.8) is 0 Å². The lowest BCUT2D eigenvalue weighted by Gasteiger charge is -2.11. The summed E-state index contributed by atoms with van der Waals surface area (Å²) in [5, 5.41) is 12.0. The van der Waals surface area contributed by atoms with Gasteiger partial charge in [0.05, 0.1) is 5.56 Å². The van der Waals surface area contributed by atoms with Crippen LogP contribution < -0.4 is 5.32 Å². The quantitative estimate of drug-likeness (QED) is 0.833. The van der Waals surface area contributed by atoms with Gasteiger partial charge in [-0.25, -0.2) is 4.39 Å². The Kier molecular flexibility index (Phi) is 4.02. The summed E-state index contributed by atoms with van der Waals surface area (Å²) in [6, 6.07) is 4.65. The van der Waals surface area contributed by atoms with Crippen LogP contribution >= 0.6 is 0 Å². The number of pyridine rings is 1. The molecule has 3 rings (SSSR count). The molecule has 0 saturated heterocycles. The Bertz CT molecular complexity index is 819. The number of nitrogens with zero attached hydrogens (tertiary/aromatic N) is 3. The summed E-state index contributed by atoms with van der Waals surface area (Å²) in [7, 11) is 0. The average molecular weight is 310 g/mol. The maximum absolute atomic E-state index is 14.1. The van der Waals surface area contributed by atoms with Crippen molar-refractivity contribution < 1.29 is 9.18 Å². The highest BCUT2D eigenvalue weighted by Gasteiger charge is 2.38. The third-order valence-corrected chi connectivity index (χ3v) is 3.86. The Morgan fingerprint density at radius 3 is 2.87 bits per heavy atom. The molecule has 6 heteroatoms. The normalized spacial score (nSPS) is 14.4. The molecule has 0 radical (unpaired) electrons. The first-order valence-corrected chi connectivity index (χ1v) is 7.33. The van der Waals surface area contributed by atoms with Crippen molar-refractivity contribution in [2.75, 3.05) is 6.54 Å². The minimum Gasteiger partial charge on any atom is -0.352 e. The lowest BCUT2D eigenvalue weighted by atomic mass is 10.0. The van der Waals surface area contributed by atoms with Crippen molar-refractivity contribution in [3.8, 4) is 12.3 Å². The number of hydrogen-bond acceptors (Lipinski definition) is 4. The van der Waals surface area contributed by atoms with Gasteiger partial charge >= 0.3 is 0 Å². The first-order valence-electron chi connectivity index (χ1n) is 7.33. The molecule has 1 aromatic heterocycles. The number of aromatic nitrogens is 1. The fourth-order valence-corrected chi connectivity index (χ4v) is 2.50. The molecule has 2 heterocycles. The van der Waals surface area contributed by atoms with E-state index in [1.165, 1.54) is 12.3 Å². The van der Waals surface area contributed by atoms with Gasteiger partial charge in [0.25, 0.3) is 5.91 Å². The maximum Gasteiger partial charge on any atom is 0.254 e. The molecule has 1 amide bonds. The molecule has 0 bridgehead atoms. The molecule has 116 valence electrons. The van der Waals surface area contributed by atoms with Gasteiger partial charge in [-0.3, -0.25) is 9.78 Å². The molecule has 2 aromatic rings. The van der Waals surface area contributed by atoms with Gasteiger partial charge in [0.2, 0.25) is 0 Å². The molecule has 1 aromatic carbocycles. The van der Waals surface area contributed by atoms with E-state index in [4.69, 9.17) is 6.42 Å². The summed E-state index contributed by atoms with van der Waals surface area (Å²) in [6.45, 7) is 0.354. The third kappa shape index (κ3) is 3.19. The van der Waals surface area contributed by atoms with E-state index in [9.17, 15) is 9.18 Å². The standard InChI is InChI=1S/C17H15FN4O/c1-2-3-7-17(21-22-17)8-10-20-16(23)15-13-11-19-9-6-12(13)4-5-14(15)18/h1,4-6,9,11H,3,7-8,10H2,(H,20,23). The molecule has 0 spiro atoms. The van der Waals surface area contributed by atoms with E-state index in [1.807, 2.05) is 0 Å². The second-order valence-electron chi connectivity index (χ2n) is 5.41. The molecule has 1 aliphatic heterocycles. The zero-order valence-corrected chi connectivity index (χ0v) is 12.4. The molecule has 0 unspecified atom stereocenters. The van der Waals surface area contributed by atoms with Crippen molar-refractivity contribution in [2.24, 2.45) is 10.2 Å². The number of rotatable bonds is 6. The molecule has 5 nitrogen and oxygen atoms in total. The fourth-order valence-electron chi connectivity index (χ4n) is 2.50. The Morgan fingerprint density at radius 1 is 1.30 bits per heavy atom. The predicted octanol–water partition coefficient (Wildman–Crippen LogP) is 3.07. The Hall–Kier alpha value is -2.81. The van der Waals surface area contributed by atoms with Gasteiger partial charge < -0.3 is 5.32 Å². The van der Waals surface area contributed by atoms with Crippen LogP contribution in [0.15, 0.2) is 40.8 Å². The Balaban J connectivity index is 1.68. The van der Waals surface area contributed by atoms with Crippen LogP contribution in [0.3, 0.4) is 0 Å². The van der Waals surface area contributed by atoms with E-state index in [-0.39, 0.29) is 5.56 Å². The van der Waals surface area contributed by atoms with Crippen molar-refractivity contribution in [2.45, 2.75) is 24.9 Å². The minimum absolute atomic E-state index is 0.0120. The Labute approximate surface area is 133 Å². The first kappa shape index (κ1) is 15.1. The van der Waals surface area contributed by atoms with Crippen molar-refractivity contribution in [3.05, 3.63) is 42.0 Å². The lowest BCUT2D eigenvalue weighted by molar-refractivity contribution is 0.0949. The summed E-state index contributed by atoms with van der Waals surface area (Å²) >= 11 is 0. The molecular weight excluding hydrogens is 295 g/mol. The van der Waals surface area contributed by atoms with Gasteiger partial charge in [-0.1, -0.05) is 6.07 Å². The SMILES string of the molecule is C#CCCC1(CCNC(=O)c2c(F)ccc3ccncc23)N=N1. The summed E-state index contributed by atoms with van der Waals surface area (Å²) in [6.07, 6.45) is 10.2. The maximum atomic E-state index is 14.1. The van der Waals surface area contributed by atoms with E-state index in [2.05, 4.69) is 26.4 Å². The van der Waals surface area contributed by atoms with Crippen LogP contribution in [0, 0.1) is 18.2 Å². The molecule has 1 aliphatic rings.